The number of ether oxygens (including phenoxy) is 1. The molecule has 1 N–H and O–H groups in total. The molecule has 0 bridgehead atoms. The molecule has 6 heteroatoms. The molecule has 2 aromatic rings. The second-order valence-corrected chi connectivity index (χ2v) is 6.30. The van der Waals surface area contributed by atoms with Crippen LogP contribution in [0.5, 0.6) is 0 Å². The van der Waals surface area contributed by atoms with Gasteiger partial charge < -0.3 is 14.6 Å². The molecule has 1 aromatic heterocycles. The molecular weight excluding hydrogens is 314 g/mol. The van der Waals surface area contributed by atoms with Gasteiger partial charge in [0.15, 0.2) is 0 Å². The molecule has 5 nitrogen and oxygen atoms in total. The van der Waals surface area contributed by atoms with Crippen molar-refractivity contribution in [2.45, 2.75) is 31.9 Å². The van der Waals surface area contributed by atoms with Gasteiger partial charge in [-0.3, -0.25) is 4.79 Å². The Kier molecular flexibility index (Phi) is 4.68. The van der Waals surface area contributed by atoms with Crippen LogP contribution in [0.4, 0.5) is 0 Å². The van der Waals surface area contributed by atoms with E-state index in [9.17, 15) is 4.79 Å². The summed E-state index contributed by atoms with van der Waals surface area (Å²) in [5.74, 6) is -0.130. The molecule has 0 unspecified atom stereocenters. The average Bonchev–Trinajstić information content (AvgIpc) is 2.96. The first-order chi connectivity index (χ1) is 11.1. The van der Waals surface area contributed by atoms with Crippen molar-refractivity contribution < 1.29 is 9.53 Å². The summed E-state index contributed by atoms with van der Waals surface area (Å²) in [4.78, 5) is 16.6. The van der Waals surface area contributed by atoms with Gasteiger partial charge in [0.25, 0.3) is 5.91 Å². The van der Waals surface area contributed by atoms with Crippen LogP contribution >= 0.6 is 11.6 Å². The number of benzene rings is 1. The lowest BCUT2D eigenvalue weighted by molar-refractivity contribution is -0.00301. The first kappa shape index (κ1) is 16.0. The largest absolute Gasteiger partial charge is 0.372 e. The molecule has 2 heterocycles. The molecule has 1 fully saturated rings. The second kappa shape index (κ2) is 6.72. The first-order valence-electron chi connectivity index (χ1n) is 7.70. The smallest absolute Gasteiger partial charge is 0.253 e. The third-order valence-corrected chi connectivity index (χ3v) is 4.74. The molecule has 0 radical (unpaired) electrons. The zero-order chi connectivity index (χ0) is 16.4. The number of amides is 1. The Morgan fingerprint density at radius 3 is 3.04 bits per heavy atom. The van der Waals surface area contributed by atoms with Crippen LogP contribution in [0, 0.1) is 6.92 Å². The molecule has 1 aliphatic heterocycles. The van der Waals surface area contributed by atoms with Gasteiger partial charge in [-0.2, -0.15) is 0 Å². The third kappa shape index (κ3) is 3.41. The highest BCUT2D eigenvalue weighted by molar-refractivity contribution is 6.34. The predicted octanol–water partition coefficient (Wildman–Crippen LogP) is 3.03. The summed E-state index contributed by atoms with van der Waals surface area (Å²) in [6.45, 7) is 2.51. The summed E-state index contributed by atoms with van der Waals surface area (Å²) in [6, 6.07) is 5.56. The fourth-order valence-electron chi connectivity index (χ4n) is 2.90. The predicted molar refractivity (Wildman–Crippen MR) is 88.6 cm³/mol. The van der Waals surface area contributed by atoms with Gasteiger partial charge in [0.1, 0.15) is 6.10 Å². The average molecular weight is 334 g/mol. The van der Waals surface area contributed by atoms with Crippen molar-refractivity contribution in [2.24, 2.45) is 7.05 Å². The van der Waals surface area contributed by atoms with Crippen molar-refractivity contribution in [2.75, 3.05) is 6.61 Å². The maximum absolute atomic E-state index is 12.5. The highest BCUT2D eigenvalue weighted by Crippen LogP contribution is 2.28. The van der Waals surface area contributed by atoms with E-state index in [0.29, 0.717) is 17.2 Å². The van der Waals surface area contributed by atoms with Gasteiger partial charge in [-0.1, -0.05) is 23.7 Å². The van der Waals surface area contributed by atoms with Crippen LogP contribution in [-0.4, -0.2) is 28.1 Å². The van der Waals surface area contributed by atoms with Crippen molar-refractivity contribution in [1.82, 2.24) is 14.9 Å². The van der Waals surface area contributed by atoms with E-state index in [-0.39, 0.29) is 18.1 Å². The Labute approximate surface area is 140 Å². The number of nitrogens with one attached hydrogen (secondary N) is 1. The zero-order valence-corrected chi connectivity index (χ0v) is 14.0. The van der Waals surface area contributed by atoms with Crippen molar-refractivity contribution in [1.29, 1.82) is 0 Å². The van der Waals surface area contributed by atoms with E-state index in [1.54, 1.807) is 12.4 Å². The molecule has 122 valence electrons. The lowest BCUT2D eigenvalue weighted by atomic mass is 10.0. The molecule has 0 spiro atoms. The molecular formula is C17H20ClN3O2. The minimum absolute atomic E-state index is 0.0467. The molecule has 0 saturated carbocycles. The second-order valence-electron chi connectivity index (χ2n) is 5.92. The summed E-state index contributed by atoms with van der Waals surface area (Å²) in [6.07, 6.45) is 5.05. The minimum Gasteiger partial charge on any atom is -0.372 e. The normalized spacial score (nSPS) is 21.2. The van der Waals surface area contributed by atoms with Crippen LogP contribution in [0.3, 0.4) is 0 Å². The monoisotopic (exact) mass is 333 g/mol. The zero-order valence-electron chi connectivity index (χ0n) is 13.3. The number of halogens is 1. The fourth-order valence-corrected chi connectivity index (χ4v) is 3.11. The maximum atomic E-state index is 12.5. The van der Waals surface area contributed by atoms with E-state index < -0.39 is 0 Å². The number of nitrogens with zero attached hydrogens (tertiary/aromatic N) is 2. The Balaban J connectivity index is 1.69. The van der Waals surface area contributed by atoms with E-state index in [4.69, 9.17) is 16.3 Å². The molecule has 0 aliphatic carbocycles. The number of imidazole rings is 1. The summed E-state index contributed by atoms with van der Waals surface area (Å²) < 4.78 is 7.78. The molecule has 1 aliphatic rings. The molecule has 23 heavy (non-hydrogen) atoms. The summed E-state index contributed by atoms with van der Waals surface area (Å²) >= 11 is 6.24. The van der Waals surface area contributed by atoms with Gasteiger partial charge in [0.2, 0.25) is 0 Å². The van der Waals surface area contributed by atoms with E-state index in [2.05, 4.69) is 10.3 Å². The lowest BCUT2D eigenvalue weighted by Crippen LogP contribution is -2.40. The van der Waals surface area contributed by atoms with Crippen LogP contribution in [0.2, 0.25) is 5.02 Å². The summed E-state index contributed by atoms with van der Waals surface area (Å²) in [7, 11) is 1.94. The van der Waals surface area contributed by atoms with Gasteiger partial charge in [-0.15, -0.1) is 0 Å². The Hall–Kier alpha value is -1.85. The number of carbonyl (C=O) groups is 1. The van der Waals surface area contributed by atoms with Gasteiger partial charge in [-0.25, -0.2) is 4.98 Å². The summed E-state index contributed by atoms with van der Waals surface area (Å²) in [5, 5.41) is 3.60. The van der Waals surface area contributed by atoms with Gasteiger partial charge in [0.05, 0.1) is 28.8 Å². The molecule has 3 rings (SSSR count). The number of aryl methyl sites for hydroxylation is 2. The highest BCUT2D eigenvalue weighted by atomic mass is 35.5. The molecule has 1 amide bonds. The van der Waals surface area contributed by atoms with Gasteiger partial charge in [-0.05, 0) is 31.4 Å². The standard InChI is InChI=1S/C17H20ClN3O2/c1-11-4-3-5-13(16(11)18)17(22)20-12-6-7-23-15(8-12)14-9-19-10-21(14)2/h3-5,9-10,12,15H,6-8H2,1-2H3,(H,20,22)/t12-,15-/m1/s1. The number of rotatable bonds is 3. The Bertz CT molecular complexity index is 714. The van der Waals surface area contributed by atoms with Gasteiger partial charge in [0, 0.05) is 19.7 Å². The minimum atomic E-state index is -0.130. The van der Waals surface area contributed by atoms with E-state index >= 15 is 0 Å². The quantitative estimate of drug-likeness (QED) is 0.939. The third-order valence-electron chi connectivity index (χ3n) is 4.24. The van der Waals surface area contributed by atoms with Crippen LogP contribution in [0.15, 0.2) is 30.7 Å². The van der Waals surface area contributed by atoms with Crippen molar-refractivity contribution in [3.05, 3.63) is 52.6 Å². The Morgan fingerprint density at radius 1 is 1.48 bits per heavy atom. The fraction of sp³-hybridized carbons (Fsp3) is 0.412. The van der Waals surface area contributed by atoms with Crippen LogP contribution in [-0.2, 0) is 11.8 Å². The first-order valence-corrected chi connectivity index (χ1v) is 8.08. The number of carbonyl (C=O) groups excluding carboxylic acids is 1. The van der Waals surface area contributed by atoms with E-state index in [1.807, 2.05) is 36.9 Å². The summed E-state index contributed by atoms with van der Waals surface area (Å²) in [5.41, 5.74) is 2.45. The van der Waals surface area contributed by atoms with Crippen LogP contribution in [0.1, 0.15) is 40.6 Å². The Morgan fingerprint density at radius 2 is 2.30 bits per heavy atom. The van der Waals surface area contributed by atoms with Crippen molar-refractivity contribution in [3.63, 3.8) is 0 Å². The van der Waals surface area contributed by atoms with Crippen LogP contribution in [0.25, 0.3) is 0 Å². The van der Waals surface area contributed by atoms with E-state index in [1.165, 1.54) is 0 Å². The van der Waals surface area contributed by atoms with Gasteiger partial charge >= 0.3 is 0 Å². The lowest BCUT2D eigenvalue weighted by Gasteiger charge is -2.30. The molecule has 1 aromatic carbocycles. The van der Waals surface area contributed by atoms with Crippen molar-refractivity contribution >= 4 is 17.5 Å². The number of aromatic nitrogens is 2. The van der Waals surface area contributed by atoms with Crippen LogP contribution < -0.4 is 5.32 Å². The molecule has 1 saturated heterocycles. The maximum Gasteiger partial charge on any atom is 0.253 e. The number of hydrogen-bond acceptors (Lipinski definition) is 3. The topological polar surface area (TPSA) is 56.1 Å². The van der Waals surface area contributed by atoms with E-state index in [0.717, 1.165) is 24.1 Å². The van der Waals surface area contributed by atoms with Crippen molar-refractivity contribution in [3.8, 4) is 0 Å². The highest BCUT2D eigenvalue weighted by Gasteiger charge is 2.27. The molecule has 2 atom stereocenters. The SMILES string of the molecule is Cc1cccc(C(=O)N[C@@H]2CCO[C@@H](c3cncn3C)C2)c1Cl. The number of hydrogen-bond donors (Lipinski definition) is 1.